The molecule has 3 unspecified atom stereocenters. The molecule has 0 rings (SSSR count). The average Bonchev–Trinajstić information content (AvgIpc) is 2.75. The molecular formula is C20H27O13P. The molecule has 1 N–H and O–H groups in total. The van der Waals surface area contributed by atoms with Crippen molar-refractivity contribution in [1.29, 1.82) is 0 Å². The van der Waals surface area contributed by atoms with Gasteiger partial charge < -0.3 is 24.1 Å². The molecule has 13 nitrogen and oxygen atoms in total. The second-order valence-electron chi connectivity index (χ2n) is 6.08. The molecule has 0 heterocycles. The third-order valence-electron chi connectivity index (χ3n) is 3.32. The van der Waals surface area contributed by atoms with Crippen molar-refractivity contribution in [2.75, 3.05) is 13.2 Å². The van der Waals surface area contributed by atoms with E-state index in [0.717, 1.165) is 32.9 Å². The number of esters is 4. The molecule has 0 spiro atoms. The van der Waals surface area contributed by atoms with E-state index in [0.29, 0.717) is 6.08 Å². The van der Waals surface area contributed by atoms with E-state index < -0.39 is 68.9 Å². The summed E-state index contributed by atoms with van der Waals surface area (Å²) in [5.74, 6) is -6.87. The van der Waals surface area contributed by atoms with Gasteiger partial charge in [-0.15, -0.1) is 0 Å². The average molecular weight is 506 g/mol. The molecule has 14 heteroatoms. The summed E-state index contributed by atoms with van der Waals surface area (Å²) in [4.78, 5) is 47.0. The molecule has 0 aromatic rings. The zero-order valence-electron chi connectivity index (χ0n) is 18.9. The number of phosphoric ester groups is 1. The molecule has 0 amide bonds. The minimum Gasteiger partial charge on any atom is -0.460 e. The fourth-order valence-corrected chi connectivity index (χ4v) is 3.41. The first-order valence-electron chi connectivity index (χ1n) is 9.42. The van der Waals surface area contributed by atoms with Crippen LogP contribution in [-0.4, -0.2) is 60.6 Å². The Morgan fingerprint density at radius 3 is 1.76 bits per heavy atom. The maximum absolute atomic E-state index is 13.4. The Balaban J connectivity index is 6.19. The van der Waals surface area contributed by atoms with Crippen molar-refractivity contribution in [1.82, 2.24) is 0 Å². The number of hydrogen-bond donors (Lipinski definition) is 1. The van der Waals surface area contributed by atoms with E-state index in [1.807, 2.05) is 0 Å². The molecule has 34 heavy (non-hydrogen) atoms. The Labute approximate surface area is 196 Å². The number of carbonyl (C=O) groups excluding carboxylic acids is 4. The summed E-state index contributed by atoms with van der Waals surface area (Å²) >= 11 is 0. The molecule has 0 aliphatic heterocycles. The maximum Gasteiger partial charge on any atom is 0.484 e. The normalized spacial score (nSPS) is 15.8. The second-order valence-corrected chi connectivity index (χ2v) is 7.57. The molecule has 0 bridgehead atoms. The van der Waals surface area contributed by atoms with Crippen LogP contribution in [0.5, 0.6) is 0 Å². The van der Waals surface area contributed by atoms with E-state index in [-0.39, 0.29) is 0 Å². The van der Waals surface area contributed by atoms with Gasteiger partial charge in [-0.25, -0.2) is 37.3 Å². The highest BCUT2D eigenvalue weighted by molar-refractivity contribution is 7.48. The maximum atomic E-state index is 13.4. The standard InChI is InChI=1S/C20H27O13P/c1-8-16(22)28-14(5)31-34(26,32-15(6)29-17(23)9-2)33-20(7,30-18(24)10-3)13(4)19(25)27-12-11-21/h8-10,14-15,21H,1-4,11-12H2,5-7H3. The first kappa shape index (κ1) is 30.9. The largest absolute Gasteiger partial charge is 0.484 e. The van der Waals surface area contributed by atoms with Gasteiger partial charge in [-0.3, -0.25) is 0 Å². The summed E-state index contributed by atoms with van der Waals surface area (Å²) in [5.41, 5.74) is -0.713. The van der Waals surface area contributed by atoms with Crippen LogP contribution in [0, 0.1) is 0 Å². The third-order valence-corrected chi connectivity index (χ3v) is 5.00. The third kappa shape index (κ3) is 10.7. The highest BCUT2D eigenvalue weighted by Crippen LogP contribution is 2.56. The Bertz CT molecular complexity index is 831. The van der Waals surface area contributed by atoms with Gasteiger partial charge >= 0.3 is 31.7 Å². The van der Waals surface area contributed by atoms with Gasteiger partial charge in [-0.05, 0) is 13.8 Å². The lowest BCUT2D eigenvalue weighted by molar-refractivity contribution is -0.192. The predicted octanol–water partition coefficient (Wildman–Crippen LogP) is 1.83. The first-order valence-corrected chi connectivity index (χ1v) is 10.9. The number of aliphatic hydroxyl groups is 1. The summed E-state index contributed by atoms with van der Waals surface area (Å²) in [6.45, 7) is 15.2. The second kappa shape index (κ2) is 14.2. The number of ether oxygens (including phenoxy) is 4. The van der Waals surface area contributed by atoms with Gasteiger partial charge in [0.25, 0.3) is 5.79 Å². The topological polar surface area (TPSA) is 170 Å². The van der Waals surface area contributed by atoms with E-state index in [2.05, 4.69) is 26.3 Å². The smallest absolute Gasteiger partial charge is 0.460 e. The van der Waals surface area contributed by atoms with Crippen molar-refractivity contribution < 1.29 is 61.4 Å². The van der Waals surface area contributed by atoms with Crippen LogP contribution in [0.3, 0.4) is 0 Å². The van der Waals surface area contributed by atoms with E-state index in [4.69, 9.17) is 37.6 Å². The SMILES string of the molecule is C=CC(=O)OC(C)OP(=O)(OC(C)OC(=O)C=C)OC(C)(OC(=O)C=C)C(=C)C(=O)OCCO. The number of phosphoric acid groups is 1. The van der Waals surface area contributed by atoms with Crippen LogP contribution >= 0.6 is 7.82 Å². The number of rotatable bonds is 16. The lowest BCUT2D eigenvalue weighted by Gasteiger charge is -2.33. The molecule has 0 aromatic heterocycles. The molecule has 0 fully saturated rings. The summed E-state index contributed by atoms with van der Waals surface area (Å²) in [6.07, 6.45) is -0.935. The Kier molecular flexibility index (Phi) is 12.9. The summed E-state index contributed by atoms with van der Waals surface area (Å²) in [6, 6.07) is 0. The molecule has 0 aromatic carbocycles. The van der Waals surface area contributed by atoms with Gasteiger partial charge in [-0.2, -0.15) is 0 Å². The molecule has 0 saturated heterocycles. The van der Waals surface area contributed by atoms with Crippen LogP contribution in [0.15, 0.2) is 50.1 Å². The fraction of sp³-hybridized carbons (Fsp3) is 0.400. The Morgan fingerprint density at radius 1 is 0.941 bits per heavy atom. The van der Waals surface area contributed by atoms with Gasteiger partial charge in [0, 0.05) is 25.2 Å². The molecule has 0 aliphatic carbocycles. The molecular weight excluding hydrogens is 479 g/mol. The number of aliphatic hydroxyl groups excluding tert-OH is 1. The zero-order chi connectivity index (χ0) is 26.5. The van der Waals surface area contributed by atoms with Crippen molar-refractivity contribution in [2.45, 2.75) is 39.1 Å². The van der Waals surface area contributed by atoms with Crippen LogP contribution in [0.25, 0.3) is 0 Å². The predicted molar refractivity (Wildman–Crippen MR) is 114 cm³/mol. The number of carbonyl (C=O) groups is 4. The molecule has 3 atom stereocenters. The van der Waals surface area contributed by atoms with Crippen LogP contribution < -0.4 is 0 Å². The van der Waals surface area contributed by atoms with Crippen LogP contribution in [0.2, 0.25) is 0 Å². The van der Waals surface area contributed by atoms with Crippen molar-refractivity contribution in [3.05, 3.63) is 50.1 Å². The van der Waals surface area contributed by atoms with Crippen molar-refractivity contribution >= 4 is 31.7 Å². The highest BCUT2D eigenvalue weighted by atomic mass is 31.2. The van der Waals surface area contributed by atoms with E-state index in [1.165, 1.54) is 0 Å². The highest BCUT2D eigenvalue weighted by Gasteiger charge is 2.48. The van der Waals surface area contributed by atoms with Gasteiger partial charge in [0.05, 0.1) is 6.61 Å². The molecule has 0 radical (unpaired) electrons. The number of hydrogen-bond acceptors (Lipinski definition) is 13. The summed E-state index contributed by atoms with van der Waals surface area (Å²) < 4.78 is 48.1. The van der Waals surface area contributed by atoms with Gasteiger partial charge in [0.2, 0.25) is 12.6 Å². The lowest BCUT2D eigenvalue weighted by atomic mass is 10.1. The van der Waals surface area contributed by atoms with Gasteiger partial charge in [0.1, 0.15) is 12.2 Å². The van der Waals surface area contributed by atoms with Crippen molar-refractivity contribution in [2.24, 2.45) is 0 Å². The van der Waals surface area contributed by atoms with Gasteiger partial charge in [-0.1, -0.05) is 26.3 Å². The molecule has 0 aliphatic rings. The van der Waals surface area contributed by atoms with E-state index >= 15 is 0 Å². The minimum absolute atomic E-state index is 0.447. The van der Waals surface area contributed by atoms with Gasteiger partial charge in [0.15, 0.2) is 0 Å². The summed E-state index contributed by atoms with van der Waals surface area (Å²) in [5, 5.41) is 8.83. The van der Waals surface area contributed by atoms with Crippen LogP contribution in [-0.2, 0) is 56.3 Å². The quantitative estimate of drug-likeness (QED) is 0.106. The lowest BCUT2D eigenvalue weighted by Crippen LogP contribution is -2.40. The first-order chi connectivity index (χ1) is 15.8. The zero-order valence-corrected chi connectivity index (χ0v) is 19.8. The molecule has 0 saturated carbocycles. The Morgan fingerprint density at radius 2 is 1.38 bits per heavy atom. The minimum atomic E-state index is -5.03. The van der Waals surface area contributed by atoms with Crippen LogP contribution in [0.1, 0.15) is 20.8 Å². The molecule has 190 valence electrons. The van der Waals surface area contributed by atoms with Crippen molar-refractivity contribution in [3.8, 4) is 0 Å². The van der Waals surface area contributed by atoms with E-state index in [1.54, 1.807) is 0 Å². The van der Waals surface area contributed by atoms with E-state index in [9.17, 15) is 23.7 Å². The van der Waals surface area contributed by atoms with Crippen molar-refractivity contribution in [3.63, 3.8) is 0 Å². The fourth-order valence-electron chi connectivity index (χ4n) is 1.89. The summed E-state index contributed by atoms with van der Waals surface area (Å²) in [7, 11) is -5.03. The van der Waals surface area contributed by atoms with Crippen LogP contribution in [0.4, 0.5) is 0 Å². The monoisotopic (exact) mass is 506 g/mol. The Hall–Kier alpha value is -3.09.